The zero-order valence-corrected chi connectivity index (χ0v) is 8.83. The molecule has 5 heteroatoms. The van der Waals surface area contributed by atoms with Crippen molar-refractivity contribution < 1.29 is 9.53 Å². The van der Waals surface area contributed by atoms with Crippen molar-refractivity contribution in [2.75, 3.05) is 6.61 Å². The second-order valence-electron chi connectivity index (χ2n) is 3.06. The van der Waals surface area contributed by atoms with Crippen LogP contribution in [0.2, 0.25) is 0 Å². The number of rotatable bonds is 3. The molecule has 2 heterocycles. The van der Waals surface area contributed by atoms with Crippen LogP contribution in [0.3, 0.4) is 0 Å². The lowest BCUT2D eigenvalue weighted by atomic mass is 10.4. The summed E-state index contributed by atoms with van der Waals surface area (Å²) in [6.45, 7) is 2.11. The molecule has 5 nitrogen and oxygen atoms in total. The van der Waals surface area contributed by atoms with E-state index in [1.165, 1.54) is 4.68 Å². The average Bonchev–Trinajstić information content (AvgIpc) is 2.79. The Hall–Kier alpha value is -2.17. The minimum absolute atomic E-state index is 0.344. The Morgan fingerprint density at radius 1 is 1.44 bits per heavy atom. The number of hydrogen-bond acceptors (Lipinski definition) is 4. The Balaban J connectivity index is 2.37. The highest BCUT2D eigenvalue weighted by Crippen LogP contribution is 2.09. The van der Waals surface area contributed by atoms with E-state index in [-0.39, 0.29) is 5.97 Å². The third-order valence-corrected chi connectivity index (χ3v) is 2.02. The predicted octanol–water partition coefficient (Wildman–Crippen LogP) is 1.44. The van der Waals surface area contributed by atoms with Gasteiger partial charge in [-0.2, -0.15) is 5.10 Å². The summed E-state index contributed by atoms with van der Waals surface area (Å²) in [7, 11) is 0. The van der Waals surface area contributed by atoms with Crippen LogP contribution in [0.4, 0.5) is 0 Å². The summed E-state index contributed by atoms with van der Waals surface area (Å²) in [5, 5.41) is 4.07. The molecule has 0 aliphatic rings. The van der Waals surface area contributed by atoms with E-state index in [0.29, 0.717) is 12.3 Å². The monoisotopic (exact) mass is 217 g/mol. The van der Waals surface area contributed by atoms with Gasteiger partial charge in [0, 0.05) is 6.20 Å². The summed E-state index contributed by atoms with van der Waals surface area (Å²) < 4.78 is 6.43. The molecule has 2 rings (SSSR count). The van der Waals surface area contributed by atoms with E-state index in [1.54, 1.807) is 37.6 Å². The summed E-state index contributed by atoms with van der Waals surface area (Å²) in [6.07, 6.45) is 4.85. The van der Waals surface area contributed by atoms with E-state index in [4.69, 9.17) is 4.74 Å². The Labute approximate surface area is 92.7 Å². The molecule has 0 amide bonds. The fraction of sp³-hybridized carbons (Fsp3) is 0.182. The van der Waals surface area contributed by atoms with Gasteiger partial charge >= 0.3 is 5.97 Å². The molecule has 0 atom stereocenters. The van der Waals surface area contributed by atoms with Gasteiger partial charge in [0.25, 0.3) is 0 Å². The standard InChI is InChI=1S/C11H11N3O2/c1-2-16-11(15)10-5-7-13-14(10)9-4-3-6-12-8-9/h3-8H,2H2,1H3. The summed E-state index contributed by atoms with van der Waals surface area (Å²) in [5.74, 6) is -0.385. The smallest absolute Gasteiger partial charge is 0.357 e. The number of esters is 1. The second kappa shape index (κ2) is 4.57. The fourth-order valence-electron chi connectivity index (χ4n) is 1.35. The van der Waals surface area contributed by atoms with E-state index in [2.05, 4.69) is 10.1 Å². The molecule has 0 aliphatic heterocycles. The van der Waals surface area contributed by atoms with Crippen molar-refractivity contribution in [1.29, 1.82) is 0 Å². The SMILES string of the molecule is CCOC(=O)c1ccnn1-c1cccnc1. The van der Waals surface area contributed by atoms with Gasteiger partial charge < -0.3 is 4.74 Å². The van der Waals surface area contributed by atoms with Crippen LogP contribution in [0.25, 0.3) is 5.69 Å². The molecule has 0 saturated heterocycles. The van der Waals surface area contributed by atoms with Gasteiger partial charge in [0.05, 0.1) is 24.7 Å². The highest BCUT2D eigenvalue weighted by atomic mass is 16.5. The topological polar surface area (TPSA) is 57.0 Å². The maximum Gasteiger partial charge on any atom is 0.357 e. The average molecular weight is 217 g/mol. The molecule has 0 saturated carbocycles. The molecule has 0 N–H and O–H groups in total. The third kappa shape index (κ3) is 1.93. The summed E-state index contributed by atoms with van der Waals surface area (Å²) in [4.78, 5) is 15.6. The van der Waals surface area contributed by atoms with Crippen molar-refractivity contribution >= 4 is 5.97 Å². The summed E-state index contributed by atoms with van der Waals surface area (Å²) in [5.41, 5.74) is 1.13. The van der Waals surface area contributed by atoms with Crippen LogP contribution < -0.4 is 0 Å². The van der Waals surface area contributed by atoms with Gasteiger partial charge in [-0.15, -0.1) is 0 Å². The largest absolute Gasteiger partial charge is 0.461 e. The molecule has 0 radical (unpaired) electrons. The number of pyridine rings is 1. The molecule has 0 spiro atoms. The van der Waals surface area contributed by atoms with E-state index in [1.807, 2.05) is 6.07 Å². The first kappa shape index (κ1) is 10.4. The van der Waals surface area contributed by atoms with E-state index >= 15 is 0 Å². The molecule has 0 fully saturated rings. The van der Waals surface area contributed by atoms with Gasteiger partial charge in [-0.3, -0.25) is 4.98 Å². The first-order chi connectivity index (χ1) is 7.83. The quantitative estimate of drug-likeness (QED) is 0.730. The normalized spacial score (nSPS) is 10.1. The zero-order chi connectivity index (χ0) is 11.4. The van der Waals surface area contributed by atoms with Crippen molar-refractivity contribution in [2.45, 2.75) is 6.92 Å². The second-order valence-corrected chi connectivity index (χ2v) is 3.06. The van der Waals surface area contributed by atoms with Gasteiger partial charge in [0.15, 0.2) is 5.69 Å². The number of aromatic nitrogens is 3. The highest BCUT2D eigenvalue weighted by molar-refractivity contribution is 5.88. The van der Waals surface area contributed by atoms with Crippen LogP contribution in [-0.2, 0) is 4.74 Å². The minimum atomic E-state index is -0.385. The van der Waals surface area contributed by atoms with Crippen molar-refractivity contribution in [3.05, 3.63) is 42.5 Å². The van der Waals surface area contributed by atoms with Crippen LogP contribution in [-0.4, -0.2) is 27.3 Å². The maximum atomic E-state index is 11.6. The summed E-state index contributed by atoms with van der Waals surface area (Å²) >= 11 is 0. The molecular formula is C11H11N3O2. The highest BCUT2D eigenvalue weighted by Gasteiger charge is 2.13. The molecule has 0 aliphatic carbocycles. The van der Waals surface area contributed by atoms with Crippen LogP contribution in [0.15, 0.2) is 36.8 Å². The first-order valence-corrected chi connectivity index (χ1v) is 4.94. The number of nitrogens with zero attached hydrogens (tertiary/aromatic N) is 3. The number of ether oxygens (including phenoxy) is 1. The van der Waals surface area contributed by atoms with Gasteiger partial charge in [0.1, 0.15) is 0 Å². The minimum Gasteiger partial charge on any atom is -0.461 e. The van der Waals surface area contributed by atoms with E-state index < -0.39 is 0 Å². The van der Waals surface area contributed by atoms with Crippen LogP contribution in [0.1, 0.15) is 17.4 Å². The Morgan fingerprint density at radius 3 is 3.00 bits per heavy atom. The van der Waals surface area contributed by atoms with Crippen molar-refractivity contribution in [2.24, 2.45) is 0 Å². The lowest BCUT2D eigenvalue weighted by Crippen LogP contribution is -2.11. The van der Waals surface area contributed by atoms with Crippen LogP contribution in [0, 0.1) is 0 Å². The van der Waals surface area contributed by atoms with Crippen molar-refractivity contribution in [3.63, 3.8) is 0 Å². The van der Waals surface area contributed by atoms with E-state index in [0.717, 1.165) is 5.69 Å². The molecule has 82 valence electrons. The maximum absolute atomic E-state index is 11.6. The number of carbonyl (C=O) groups excluding carboxylic acids is 1. The molecule has 0 bridgehead atoms. The summed E-state index contributed by atoms with van der Waals surface area (Å²) in [6, 6.07) is 5.22. The Kier molecular flexibility index (Phi) is 2.95. The first-order valence-electron chi connectivity index (χ1n) is 4.94. The van der Waals surface area contributed by atoms with Crippen molar-refractivity contribution in [3.8, 4) is 5.69 Å². The van der Waals surface area contributed by atoms with Gasteiger partial charge in [-0.05, 0) is 25.1 Å². The number of hydrogen-bond donors (Lipinski definition) is 0. The Morgan fingerprint density at radius 2 is 2.31 bits per heavy atom. The molecule has 2 aromatic rings. The number of carbonyl (C=O) groups is 1. The van der Waals surface area contributed by atoms with Crippen LogP contribution >= 0.6 is 0 Å². The lowest BCUT2D eigenvalue weighted by Gasteiger charge is -2.05. The fourth-order valence-corrected chi connectivity index (χ4v) is 1.35. The lowest BCUT2D eigenvalue weighted by molar-refractivity contribution is 0.0516. The van der Waals surface area contributed by atoms with Gasteiger partial charge in [-0.1, -0.05) is 0 Å². The van der Waals surface area contributed by atoms with Gasteiger partial charge in [0.2, 0.25) is 0 Å². The molecule has 2 aromatic heterocycles. The molecule has 0 aromatic carbocycles. The predicted molar refractivity (Wildman–Crippen MR) is 57.3 cm³/mol. The molecule has 16 heavy (non-hydrogen) atoms. The molecular weight excluding hydrogens is 206 g/mol. The Bertz CT molecular complexity index is 479. The third-order valence-electron chi connectivity index (χ3n) is 2.02. The zero-order valence-electron chi connectivity index (χ0n) is 8.83. The van der Waals surface area contributed by atoms with Crippen molar-refractivity contribution in [1.82, 2.24) is 14.8 Å². The molecule has 0 unspecified atom stereocenters. The van der Waals surface area contributed by atoms with Gasteiger partial charge in [-0.25, -0.2) is 9.48 Å². The van der Waals surface area contributed by atoms with Crippen LogP contribution in [0.5, 0.6) is 0 Å². The van der Waals surface area contributed by atoms with E-state index in [9.17, 15) is 4.79 Å².